The molecule has 2 N–H and O–H groups in total. The molecular formula is C19H17BrN4OS. The van der Waals surface area contributed by atoms with Crippen LogP contribution in [-0.2, 0) is 4.79 Å². The molecule has 7 heteroatoms. The van der Waals surface area contributed by atoms with Crippen LogP contribution in [0.5, 0.6) is 0 Å². The predicted molar refractivity (Wildman–Crippen MR) is 110 cm³/mol. The molecule has 0 saturated carbocycles. The Hall–Kier alpha value is -2.25. The van der Waals surface area contributed by atoms with E-state index in [4.69, 9.17) is 5.10 Å². The smallest absolute Gasteiger partial charge is 0.255 e. The van der Waals surface area contributed by atoms with Gasteiger partial charge in [-0.2, -0.15) is 0 Å². The Kier molecular flexibility index (Phi) is 4.74. The highest BCUT2D eigenvalue weighted by atomic mass is 79.9. The van der Waals surface area contributed by atoms with E-state index in [2.05, 4.69) is 33.1 Å². The largest absolute Gasteiger partial charge is 0.360 e. The third-order valence-electron chi connectivity index (χ3n) is 4.30. The third-order valence-corrected chi connectivity index (χ3v) is 5.88. The molecule has 0 saturated heterocycles. The second-order valence-electron chi connectivity index (χ2n) is 5.93. The number of benzene rings is 2. The number of hydrazone groups is 1. The summed E-state index contributed by atoms with van der Waals surface area (Å²) in [4.78, 5) is 12.9. The Morgan fingerprint density at radius 3 is 2.69 bits per heavy atom. The Labute approximate surface area is 164 Å². The van der Waals surface area contributed by atoms with Crippen molar-refractivity contribution in [2.45, 2.75) is 12.2 Å². The van der Waals surface area contributed by atoms with E-state index in [9.17, 15) is 4.79 Å². The molecule has 2 aromatic carbocycles. The Bertz CT molecular complexity index is 901. The van der Waals surface area contributed by atoms with E-state index in [0.29, 0.717) is 10.9 Å². The molecule has 2 aliphatic heterocycles. The molecule has 132 valence electrons. The number of amidine groups is 1. The van der Waals surface area contributed by atoms with Crippen LogP contribution in [0.2, 0.25) is 0 Å². The predicted octanol–water partition coefficient (Wildman–Crippen LogP) is 4.24. The van der Waals surface area contributed by atoms with Crippen LogP contribution in [0.3, 0.4) is 0 Å². The molecule has 0 aromatic heterocycles. The molecule has 0 unspecified atom stereocenters. The van der Waals surface area contributed by atoms with Crippen LogP contribution in [0.4, 0.5) is 5.69 Å². The van der Waals surface area contributed by atoms with Gasteiger partial charge in [0, 0.05) is 27.0 Å². The van der Waals surface area contributed by atoms with Gasteiger partial charge < -0.3 is 10.6 Å². The van der Waals surface area contributed by atoms with Crippen molar-refractivity contribution < 1.29 is 4.79 Å². The molecule has 0 bridgehead atoms. The van der Waals surface area contributed by atoms with E-state index < -0.39 is 6.04 Å². The minimum Gasteiger partial charge on any atom is -0.360 e. The molecule has 2 atom stereocenters. The maximum atomic E-state index is 12.9. The Morgan fingerprint density at radius 1 is 1.19 bits per heavy atom. The van der Waals surface area contributed by atoms with Crippen molar-refractivity contribution in [3.05, 3.63) is 76.8 Å². The summed E-state index contributed by atoms with van der Waals surface area (Å²) < 4.78 is 0.970. The van der Waals surface area contributed by atoms with Gasteiger partial charge in [0.15, 0.2) is 11.2 Å². The number of nitrogens with zero attached hydrogens (tertiary/aromatic N) is 2. The zero-order valence-electron chi connectivity index (χ0n) is 13.9. The summed E-state index contributed by atoms with van der Waals surface area (Å²) in [6.45, 7) is 3.73. The highest BCUT2D eigenvalue weighted by Gasteiger charge is 2.42. The standard InChI is InChI=1S/C19H17BrN4OS/c1-2-11-26-19-22-18(25)16-13-8-4-6-10-15(13)21-17(24(16)23-19)12-7-3-5-9-14(12)20/h2-10,16-17,21H,1,11H2,(H,22,23,25)/t16-,17+/m1/s1. The van der Waals surface area contributed by atoms with Crippen molar-refractivity contribution in [3.63, 3.8) is 0 Å². The molecule has 2 aromatic rings. The van der Waals surface area contributed by atoms with E-state index in [-0.39, 0.29) is 12.1 Å². The number of hydrogen-bond acceptors (Lipinski definition) is 5. The van der Waals surface area contributed by atoms with Crippen LogP contribution in [0.15, 0.2) is 70.8 Å². The van der Waals surface area contributed by atoms with Gasteiger partial charge >= 0.3 is 0 Å². The molecule has 2 aliphatic rings. The number of thioether (sulfide) groups is 1. The lowest BCUT2D eigenvalue weighted by atomic mass is 9.97. The number of halogens is 1. The number of hydrogen-bond donors (Lipinski definition) is 2. The van der Waals surface area contributed by atoms with Crippen molar-refractivity contribution in [1.82, 2.24) is 10.3 Å². The number of amides is 1. The first-order chi connectivity index (χ1) is 12.7. The molecule has 0 spiro atoms. The minimum atomic E-state index is -0.474. The lowest BCUT2D eigenvalue weighted by molar-refractivity contribution is -0.127. The fraction of sp³-hybridized carbons (Fsp3) is 0.158. The molecular weight excluding hydrogens is 412 g/mol. The highest BCUT2D eigenvalue weighted by molar-refractivity contribution is 9.10. The number of carbonyl (C=O) groups excluding carboxylic acids is 1. The van der Waals surface area contributed by atoms with E-state index in [1.807, 2.05) is 53.5 Å². The van der Waals surface area contributed by atoms with Crippen LogP contribution in [-0.4, -0.2) is 21.8 Å². The number of fused-ring (bicyclic) bond motifs is 3. The van der Waals surface area contributed by atoms with Gasteiger partial charge in [0.05, 0.1) is 0 Å². The van der Waals surface area contributed by atoms with E-state index in [1.54, 1.807) is 6.08 Å². The Morgan fingerprint density at radius 2 is 1.92 bits per heavy atom. The van der Waals surface area contributed by atoms with Gasteiger partial charge in [-0.15, -0.1) is 11.7 Å². The first kappa shape index (κ1) is 17.2. The molecule has 1 amide bonds. The number of para-hydroxylation sites is 1. The van der Waals surface area contributed by atoms with Gasteiger partial charge in [0.25, 0.3) is 5.91 Å². The summed E-state index contributed by atoms with van der Waals surface area (Å²) in [5.41, 5.74) is 2.89. The van der Waals surface area contributed by atoms with E-state index in [1.165, 1.54) is 11.8 Å². The van der Waals surface area contributed by atoms with Crippen LogP contribution in [0.1, 0.15) is 23.3 Å². The number of carbonyl (C=O) groups is 1. The van der Waals surface area contributed by atoms with Crippen molar-refractivity contribution >= 4 is 44.5 Å². The third kappa shape index (κ3) is 3.01. The zero-order valence-corrected chi connectivity index (χ0v) is 16.3. The van der Waals surface area contributed by atoms with Crippen molar-refractivity contribution in [2.75, 3.05) is 11.1 Å². The van der Waals surface area contributed by atoms with Crippen LogP contribution in [0, 0.1) is 0 Å². The first-order valence-electron chi connectivity index (χ1n) is 8.20. The summed E-state index contributed by atoms with van der Waals surface area (Å²) in [5, 5.41) is 13.6. The Balaban J connectivity index is 1.83. The summed E-state index contributed by atoms with van der Waals surface area (Å²) >= 11 is 5.08. The minimum absolute atomic E-state index is 0.0717. The summed E-state index contributed by atoms with van der Waals surface area (Å²) in [5.74, 6) is 0.610. The summed E-state index contributed by atoms with van der Waals surface area (Å²) in [6.07, 6.45) is 1.54. The summed E-state index contributed by atoms with van der Waals surface area (Å²) in [7, 11) is 0. The fourth-order valence-corrected chi connectivity index (χ4v) is 4.27. The van der Waals surface area contributed by atoms with Crippen LogP contribution in [0.25, 0.3) is 0 Å². The van der Waals surface area contributed by atoms with Gasteiger partial charge in [0.1, 0.15) is 6.17 Å². The summed E-state index contributed by atoms with van der Waals surface area (Å²) in [6, 6.07) is 15.4. The molecule has 4 rings (SSSR count). The monoisotopic (exact) mass is 428 g/mol. The molecule has 2 heterocycles. The molecule has 0 fully saturated rings. The number of rotatable bonds is 3. The normalized spacial score (nSPS) is 21.0. The SMILES string of the molecule is C=CCSC1=NN2[C@@H](c3ccccc3Br)Nc3ccccc3[C@@H]2C(=O)N1. The molecule has 0 radical (unpaired) electrons. The van der Waals surface area contributed by atoms with E-state index >= 15 is 0 Å². The highest BCUT2D eigenvalue weighted by Crippen LogP contribution is 2.43. The van der Waals surface area contributed by atoms with Gasteiger partial charge in [0.2, 0.25) is 0 Å². The second-order valence-corrected chi connectivity index (χ2v) is 7.80. The number of anilines is 1. The van der Waals surface area contributed by atoms with Gasteiger partial charge in [-0.25, -0.2) is 0 Å². The van der Waals surface area contributed by atoms with Crippen LogP contribution >= 0.6 is 27.7 Å². The van der Waals surface area contributed by atoms with Gasteiger partial charge in [-0.1, -0.05) is 70.2 Å². The topological polar surface area (TPSA) is 56.7 Å². The fourth-order valence-electron chi connectivity index (χ4n) is 3.17. The maximum absolute atomic E-state index is 12.9. The average molecular weight is 429 g/mol. The van der Waals surface area contributed by atoms with Crippen molar-refractivity contribution in [1.29, 1.82) is 0 Å². The average Bonchev–Trinajstić information content (AvgIpc) is 2.66. The van der Waals surface area contributed by atoms with Gasteiger partial charge in [-0.05, 0) is 12.1 Å². The molecule has 0 aliphatic carbocycles. The van der Waals surface area contributed by atoms with Crippen molar-refractivity contribution in [3.8, 4) is 0 Å². The first-order valence-corrected chi connectivity index (χ1v) is 9.98. The molecule has 5 nitrogen and oxygen atoms in total. The lowest BCUT2D eigenvalue weighted by Gasteiger charge is -2.44. The lowest BCUT2D eigenvalue weighted by Crippen LogP contribution is -2.51. The maximum Gasteiger partial charge on any atom is 0.255 e. The molecule has 26 heavy (non-hydrogen) atoms. The van der Waals surface area contributed by atoms with Gasteiger partial charge in [-0.3, -0.25) is 9.80 Å². The quantitative estimate of drug-likeness (QED) is 0.717. The number of nitrogens with one attached hydrogen (secondary N) is 2. The van der Waals surface area contributed by atoms with E-state index in [0.717, 1.165) is 21.3 Å². The van der Waals surface area contributed by atoms with Crippen molar-refractivity contribution in [2.24, 2.45) is 5.10 Å². The zero-order chi connectivity index (χ0) is 18.1. The van der Waals surface area contributed by atoms with Crippen LogP contribution < -0.4 is 10.6 Å². The second kappa shape index (κ2) is 7.17.